The Morgan fingerprint density at radius 1 is 1.29 bits per heavy atom. The highest BCUT2D eigenvalue weighted by Gasteiger charge is 2.54. The number of rotatable bonds is 5. The van der Waals surface area contributed by atoms with Gasteiger partial charge in [-0.15, -0.1) is 0 Å². The molecule has 1 amide bonds. The van der Waals surface area contributed by atoms with Crippen molar-refractivity contribution in [2.75, 3.05) is 11.9 Å². The van der Waals surface area contributed by atoms with E-state index in [1.165, 1.54) is 12.1 Å². The smallest absolute Gasteiger partial charge is 0.368 e. The van der Waals surface area contributed by atoms with Crippen LogP contribution in [0.3, 0.4) is 0 Å². The van der Waals surface area contributed by atoms with Gasteiger partial charge >= 0.3 is 6.18 Å². The van der Waals surface area contributed by atoms with Gasteiger partial charge in [0, 0.05) is 23.8 Å². The van der Waals surface area contributed by atoms with Crippen LogP contribution < -0.4 is 21.8 Å². The van der Waals surface area contributed by atoms with Crippen LogP contribution in [-0.4, -0.2) is 41.4 Å². The number of carbonyl (C=O) groups is 1. The number of nitrogens with one attached hydrogen (secondary N) is 3. The van der Waals surface area contributed by atoms with E-state index in [9.17, 15) is 23.2 Å². The van der Waals surface area contributed by atoms with Crippen LogP contribution in [0.5, 0.6) is 0 Å². The number of amides is 1. The fraction of sp³-hybridized carbons (Fsp3) is 0.619. The second kappa shape index (κ2) is 8.30. The molecule has 0 aromatic heterocycles. The Kier molecular flexibility index (Phi) is 5.85. The molecule has 1 aliphatic carbocycles. The quantitative estimate of drug-likeness (QED) is 0.565. The van der Waals surface area contributed by atoms with E-state index in [2.05, 4.69) is 27.1 Å². The number of alkyl halides is 3. The zero-order chi connectivity index (χ0) is 22.2. The molecular formula is C21H27F3N6O. The predicted octanol–water partition coefficient (Wildman–Crippen LogP) is 2.54. The standard InChI is InChI=1S/C21H27F3N6O/c22-21(23,24)17(26)13-3-5-14(6-4-13)28-18-16-15(7-12-27-19(16)31)30(29-18)20(10-11-25)8-1-2-9-20/h3-6,15-18,28-29H,1-2,7-10,12,26H2,(H,27,31). The molecule has 2 aliphatic heterocycles. The zero-order valence-corrected chi connectivity index (χ0v) is 17.1. The van der Waals surface area contributed by atoms with Gasteiger partial charge in [-0.1, -0.05) is 25.0 Å². The molecule has 2 heterocycles. The topological polar surface area (TPSA) is 106 Å². The molecule has 0 radical (unpaired) electrons. The van der Waals surface area contributed by atoms with E-state index in [4.69, 9.17) is 5.73 Å². The number of carbonyl (C=O) groups excluding carboxylic acids is 1. The fourth-order valence-corrected chi connectivity index (χ4v) is 5.25. The first kappa shape index (κ1) is 21.9. The molecule has 1 aromatic carbocycles. The Hall–Kier alpha value is -2.35. The van der Waals surface area contributed by atoms with Gasteiger partial charge in [0.25, 0.3) is 0 Å². The zero-order valence-electron chi connectivity index (χ0n) is 17.1. The molecule has 1 saturated carbocycles. The summed E-state index contributed by atoms with van der Waals surface area (Å²) < 4.78 is 38.6. The van der Waals surface area contributed by atoms with Gasteiger partial charge in [-0.25, -0.2) is 10.4 Å². The third-order valence-electron chi connectivity index (χ3n) is 6.82. The summed E-state index contributed by atoms with van der Waals surface area (Å²) in [6.07, 6.45) is 0.112. The van der Waals surface area contributed by atoms with Crippen molar-refractivity contribution in [3.05, 3.63) is 29.8 Å². The molecule has 5 N–H and O–H groups in total. The van der Waals surface area contributed by atoms with Gasteiger partial charge in [-0.3, -0.25) is 4.79 Å². The van der Waals surface area contributed by atoms with E-state index >= 15 is 0 Å². The maximum atomic E-state index is 12.9. The molecule has 4 atom stereocenters. The Balaban J connectivity index is 1.55. The Morgan fingerprint density at radius 2 is 1.97 bits per heavy atom. The SMILES string of the molecule is N#CCC1(N2NC(Nc3ccc(C(N)C(F)(F)F)cc3)C3C(=O)NCCC32)CCCC1. The largest absolute Gasteiger partial charge is 0.407 e. The highest BCUT2D eigenvalue weighted by molar-refractivity contribution is 5.82. The molecule has 31 heavy (non-hydrogen) atoms. The molecule has 4 rings (SSSR count). The van der Waals surface area contributed by atoms with Crippen LogP contribution in [0.1, 0.15) is 50.1 Å². The average molecular weight is 436 g/mol. The number of nitrogens with two attached hydrogens (primary N) is 1. The first-order valence-corrected chi connectivity index (χ1v) is 10.6. The van der Waals surface area contributed by atoms with Gasteiger partial charge < -0.3 is 16.4 Å². The molecule has 7 nitrogen and oxygen atoms in total. The highest BCUT2D eigenvalue weighted by atomic mass is 19.4. The molecule has 2 saturated heterocycles. The molecule has 0 bridgehead atoms. The molecule has 1 aromatic rings. The number of nitriles is 1. The summed E-state index contributed by atoms with van der Waals surface area (Å²) in [6, 6.07) is 6.02. The van der Waals surface area contributed by atoms with Crippen LogP contribution in [0.15, 0.2) is 24.3 Å². The maximum absolute atomic E-state index is 12.9. The summed E-state index contributed by atoms with van der Waals surface area (Å²) in [7, 11) is 0. The average Bonchev–Trinajstić information content (AvgIpc) is 3.34. The lowest BCUT2D eigenvalue weighted by atomic mass is 9.86. The van der Waals surface area contributed by atoms with Crippen LogP contribution >= 0.6 is 0 Å². The molecule has 3 fully saturated rings. The van der Waals surface area contributed by atoms with Crippen LogP contribution in [-0.2, 0) is 4.79 Å². The molecule has 10 heteroatoms. The van der Waals surface area contributed by atoms with E-state index in [0.29, 0.717) is 18.7 Å². The third kappa shape index (κ3) is 4.10. The third-order valence-corrected chi connectivity index (χ3v) is 6.82. The Morgan fingerprint density at radius 3 is 2.58 bits per heavy atom. The first-order chi connectivity index (χ1) is 14.7. The number of hydrazine groups is 1. The van der Waals surface area contributed by atoms with Crippen molar-refractivity contribution in [1.82, 2.24) is 15.8 Å². The lowest BCUT2D eigenvalue weighted by Crippen LogP contribution is -2.57. The van der Waals surface area contributed by atoms with Crippen molar-refractivity contribution < 1.29 is 18.0 Å². The summed E-state index contributed by atoms with van der Waals surface area (Å²) in [6.45, 7) is 0.581. The summed E-state index contributed by atoms with van der Waals surface area (Å²) in [5.74, 6) is -0.438. The van der Waals surface area contributed by atoms with Crippen molar-refractivity contribution in [3.8, 4) is 6.07 Å². The summed E-state index contributed by atoms with van der Waals surface area (Å²) in [5.41, 5.74) is 9.00. The minimum atomic E-state index is -4.51. The van der Waals surface area contributed by atoms with Crippen LogP contribution in [0, 0.1) is 17.2 Å². The van der Waals surface area contributed by atoms with Crippen LogP contribution in [0.2, 0.25) is 0 Å². The minimum Gasteiger partial charge on any atom is -0.368 e. The Bertz CT molecular complexity index is 846. The second-order valence-electron chi connectivity index (χ2n) is 8.70. The lowest BCUT2D eigenvalue weighted by Gasteiger charge is -2.42. The van der Waals surface area contributed by atoms with E-state index in [-0.39, 0.29) is 29.0 Å². The van der Waals surface area contributed by atoms with Gasteiger partial charge in [0.2, 0.25) is 5.91 Å². The Labute approximate surface area is 179 Å². The van der Waals surface area contributed by atoms with Crippen LogP contribution in [0.25, 0.3) is 0 Å². The molecule has 0 spiro atoms. The van der Waals surface area contributed by atoms with Crippen LogP contribution in [0.4, 0.5) is 18.9 Å². The summed E-state index contributed by atoms with van der Waals surface area (Å²) >= 11 is 0. The number of halogens is 3. The van der Waals surface area contributed by atoms with E-state index < -0.39 is 18.4 Å². The van der Waals surface area contributed by atoms with E-state index in [1.807, 2.05) is 0 Å². The number of piperidine rings is 1. The number of nitrogens with zero attached hydrogens (tertiary/aromatic N) is 2. The minimum absolute atomic E-state index is 0.0220. The lowest BCUT2D eigenvalue weighted by molar-refractivity contribution is -0.149. The van der Waals surface area contributed by atoms with Gasteiger partial charge in [-0.05, 0) is 37.0 Å². The van der Waals surface area contributed by atoms with Gasteiger partial charge in [0.05, 0.1) is 18.4 Å². The van der Waals surface area contributed by atoms with Gasteiger partial charge in [0.15, 0.2) is 0 Å². The van der Waals surface area contributed by atoms with Crippen molar-refractivity contribution in [3.63, 3.8) is 0 Å². The molecule has 168 valence electrons. The maximum Gasteiger partial charge on any atom is 0.407 e. The van der Waals surface area contributed by atoms with Crippen molar-refractivity contribution in [1.29, 1.82) is 5.26 Å². The first-order valence-electron chi connectivity index (χ1n) is 10.6. The highest BCUT2D eigenvalue weighted by Crippen LogP contribution is 2.43. The van der Waals surface area contributed by atoms with Crippen molar-refractivity contribution in [2.24, 2.45) is 11.7 Å². The van der Waals surface area contributed by atoms with E-state index in [0.717, 1.165) is 32.1 Å². The van der Waals surface area contributed by atoms with Crippen molar-refractivity contribution in [2.45, 2.75) is 68.5 Å². The number of fused-ring (bicyclic) bond motifs is 1. The van der Waals surface area contributed by atoms with E-state index in [1.54, 1.807) is 12.1 Å². The fourth-order valence-electron chi connectivity index (χ4n) is 5.25. The number of hydrogen-bond donors (Lipinski definition) is 4. The van der Waals surface area contributed by atoms with Gasteiger partial charge in [0.1, 0.15) is 12.2 Å². The number of hydrogen-bond acceptors (Lipinski definition) is 6. The van der Waals surface area contributed by atoms with Gasteiger partial charge in [-0.2, -0.15) is 18.4 Å². The normalized spacial score (nSPS) is 29.1. The number of benzene rings is 1. The predicted molar refractivity (Wildman–Crippen MR) is 108 cm³/mol. The monoisotopic (exact) mass is 436 g/mol. The molecular weight excluding hydrogens is 409 g/mol. The second-order valence-corrected chi connectivity index (χ2v) is 8.70. The summed E-state index contributed by atoms with van der Waals surface area (Å²) in [4.78, 5) is 12.7. The van der Waals surface area contributed by atoms with Crippen molar-refractivity contribution >= 4 is 11.6 Å². The summed E-state index contributed by atoms with van der Waals surface area (Å²) in [5, 5.41) is 17.8. The molecule has 3 aliphatic rings. The number of anilines is 1. The molecule has 4 unspecified atom stereocenters.